The molecule has 0 spiro atoms. The molecule has 0 radical (unpaired) electrons. The van der Waals surface area contributed by atoms with Crippen molar-refractivity contribution in [2.24, 2.45) is 0 Å². The molecule has 4 nitrogen and oxygen atoms in total. The zero-order valence-corrected chi connectivity index (χ0v) is 12.8. The SMILES string of the molecule is COC(=O)c1cc(Nc2ccc(C)c(C)c2)cc(C)c1N. The fourth-order valence-electron chi connectivity index (χ4n) is 2.14. The summed E-state index contributed by atoms with van der Waals surface area (Å²) >= 11 is 0. The molecule has 0 aromatic heterocycles. The van der Waals surface area contributed by atoms with Crippen molar-refractivity contribution in [2.45, 2.75) is 20.8 Å². The third kappa shape index (κ3) is 3.16. The molecule has 0 heterocycles. The Morgan fingerprint density at radius 1 is 1.00 bits per heavy atom. The summed E-state index contributed by atoms with van der Waals surface area (Å²) in [7, 11) is 1.35. The number of esters is 1. The first-order valence-electron chi connectivity index (χ1n) is 6.75. The number of nitrogen functional groups attached to an aromatic ring is 1. The number of hydrogen-bond donors (Lipinski definition) is 2. The van der Waals surface area contributed by atoms with Crippen molar-refractivity contribution in [1.82, 2.24) is 0 Å². The summed E-state index contributed by atoms with van der Waals surface area (Å²) in [6.45, 7) is 6.00. The van der Waals surface area contributed by atoms with E-state index >= 15 is 0 Å². The molecule has 3 N–H and O–H groups in total. The van der Waals surface area contributed by atoms with Crippen LogP contribution < -0.4 is 11.1 Å². The highest BCUT2D eigenvalue weighted by atomic mass is 16.5. The van der Waals surface area contributed by atoms with Gasteiger partial charge in [0.2, 0.25) is 0 Å². The van der Waals surface area contributed by atoms with Gasteiger partial charge in [-0.2, -0.15) is 0 Å². The Bertz CT molecular complexity index is 693. The minimum atomic E-state index is -0.431. The van der Waals surface area contributed by atoms with Gasteiger partial charge in [-0.15, -0.1) is 0 Å². The van der Waals surface area contributed by atoms with Crippen molar-refractivity contribution in [3.8, 4) is 0 Å². The first kappa shape index (κ1) is 14.9. The number of aryl methyl sites for hydroxylation is 3. The summed E-state index contributed by atoms with van der Waals surface area (Å²) in [6.07, 6.45) is 0. The summed E-state index contributed by atoms with van der Waals surface area (Å²) in [5.74, 6) is -0.431. The van der Waals surface area contributed by atoms with Gasteiger partial charge in [-0.25, -0.2) is 4.79 Å². The Morgan fingerprint density at radius 2 is 1.67 bits per heavy atom. The molecule has 0 amide bonds. The van der Waals surface area contributed by atoms with Crippen LogP contribution in [0.1, 0.15) is 27.0 Å². The molecule has 0 saturated carbocycles. The molecular weight excluding hydrogens is 264 g/mol. The van der Waals surface area contributed by atoms with Crippen LogP contribution in [0.2, 0.25) is 0 Å². The average Bonchev–Trinajstić information content (AvgIpc) is 2.45. The summed E-state index contributed by atoms with van der Waals surface area (Å²) in [5, 5.41) is 3.30. The number of carbonyl (C=O) groups is 1. The van der Waals surface area contributed by atoms with Gasteiger partial charge in [0, 0.05) is 17.1 Å². The number of nitrogens with one attached hydrogen (secondary N) is 1. The maximum absolute atomic E-state index is 11.8. The number of rotatable bonds is 3. The molecule has 2 rings (SSSR count). The Labute approximate surface area is 124 Å². The highest BCUT2D eigenvalue weighted by Gasteiger charge is 2.13. The molecule has 4 heteroatoms. The lowest BCUT2D eigenvalue weighted by Crippen LogP contribution is -2.08. The van der Waals surface area contributed by atoms with Gasteiger partial charge in [-0.05, 0) is 61.7 Å². The minimum Gasteiger partial charge on any atom is -0.465 e. The van der Waals surface area contributed by atoms with Crippen LogP contribution in [-0.4, -0.2) is 13.1 Å². The number of anilines is 3. The molecule has 0 aliphatic heterocycles. The normalized spacial score (nSPS) is 10.3. The Balaban J connectivity index is 2.38. The predicted octanol–water partition coefficient (Wildman–Crippen LogP) is 3.72. The van der Waals surface area contributed by atoms with Gasteiger partial charge in [0.25, 0.3) is 0 Å². The molecule has 0 saturated heterocycles. The molecular formula is C17H20N2O2. The largest absolute Gasteiger partial charge is 0.465 e. The van der Waals surface area contributed by atoms with Crippen molar-refractivity contribution in [3.05, 3.63) is 52.6 Å². The van der Waals surface area contributed by atoms with E-state index in [4.69, 9.17) is 10.5 Å². The van der Waals surface area contributed by atoms with Gasteiger partial charge in [0.1, 0.15) is 0 Å². The smallest absolute Gasteiger partial charge is 0.340 e. The summed E-state index contributed by atoms with van der Waals surface area (Å²) in [5.41, 5.74) is 11.8. The number of nitrogens with two attached hydrogens (primary N) is 1. The summed E-state index contributed by atoms with van der Waals surface area (Å²) in [6, 6.07) is 9.76. The molecule has 0 fully saturated rings. The predicted molar refractivity (Wildman–Crippen MR) is 86.1 cm³/mol. The molecule has 0 aliphatic carbocycles. The Kier molecular flexibility index (Phi) is 4.17. The standard InChI is InChI=1S/C17H20N2O2/c1-10-5-6-13(7-11(10)2)19-14-8-12(3)16(18)15(9-14)17(20)21-4/h5-9,19H,18H2,1-4H3. The zero-order valence-electron chi connectivity index (χ0n) is 12.8. The van der Waals surface area contributed by atoms with Gasteiger partial charge < -0.3 is 15.8 Å². The highest BCUT2D eigenvalue weighted by Crippen LogP contribution is 2.26. The van der Waals surface area contributed by atoms with E-state index in [0.29, 0.717) is 11.3 Å². The van der Waals surface area contributed by atoms with Crippen LogP contribution in [0, 0.1) is 20.8 Å². The zero-order chi connectivity index (χ0) is 15.6. The van der Waals surface area contributed by atoms with E-state index in [1.807, 2.05) is 19.1 Å². The van der Waals surface area contributed by atoms with Gasteiger partial charge in [0.15, 0.2) is 0 Å². The molecule has 110 valence electrons. The minimum absolute atomic E-state index is 0.379. The lowest BCUT2D eigenvalue weighted by Gasteiger charge is -2.13. The first-order chi connectivity index (χ1) is 9.92. The number of methoxy groups -OCH3 is 1. The molecule has 2 aromatic carbocycles. The van der Waals surface area contributed by atoms with E-state index in [-0.39, 0.29) is 0 Å². The lowest BCUT2D eigenvalue weighted by atomic mass is 10.1. The Morgan fingerprint density at radius 3 is 2.29 bits per heavy atom. The second-order valence-electron chi connectivity index (χ2n) is 5.17. The lowest BCUT2D eigenvalue weighted by molar-refractivity contribution is 0.0602. The second-order valence-corrected chi connectivity index (χ2v) is 5.17. The van der Waals surface area contributed by atoms with E-state index in [1.54, 1.807) is 6.07 Å². The maximum Gasteiger partial charge on any atom is 0.340 e. The number of carbonyl (C=O) groups excluding carboxylic acids is 1. The van der Waals surface area contributed by atoms with Crippen molar-refractivity contribution >= 4 is 23.0 Å². The molecule has 2 aromatic rings. The van der Waals surface area contributed by atoms with E-state index in [0.717, 1.165) is 16.9 Å². The van der Waals surface area contributed by atoms with Crippen LogP contribution in [0.3, 0.4) is 0 Å². The maximum atomic E-state index is 11.8. The number of hydrogen-bond acceptors (Lipinski definition) is 4. The number of benzene rings is 2. The quantitative estimate of drug-likeness (QED) is 0.666. The number of ether oxygens (including phenoxy) is 1. The topological polar surface area (TPSA) is 64.3 Å². The average molecular weight is 284 g/mol. The fourth-order valence-corrected chi connectivity index (χ4v) is 2.14. The van der Waals surface area contributed by atoms with Gasteiger partial charge in [0.05, 0.1) is 12.7 Å². The van der Waals surface area contributed by atoms with E-state index in [2.05, 4.69) is 31.3 Å². The third-order valence-electron chi connectivity index (χ3n) is 3.59. The van der Waals surface area contributed by atoms with Crippen LogP contribution in [0.15, 0.2) is 30.3 Å². The van der Waals surface area contributed by atoms with Gasteiger partial charge in [-0.1, -0.05) is 6.07 Å². The van der Waals surface area contributed by atoms with Crippen LogP contribution in [-0.2, 0) is 4.74 Å². The van der Waals surface area contributed by atoms with Crippen molar-refractivity contribution in [1.29, 1.82) is 0 Å². The fraction of sp³-hybridized carbons (Fsp3) is 0.235. The van der Waals surface area contributed by atoms with Crippen LogP contribution in [0.5, 0.6) is 0 Å². The van der Waals surface area contributed by atoms with Crippen LogP contribution >= 0.6 is 0 Å². The van der Waals surface area contributed by atoms with E-state index in [1.165, 1.54) is 18.2 Å². The van der Waals surface area contributed by atoms with E-state index < -0.39 is 5.97 Å². The van der Waals surface area contributed by atoms with E-state index in [9.17, 15) is 4.79 Å². The summed E-state index contributed by atoms with van der Waals surface area (Å²) < 4.78 is 4.77. The highest BCUT2D eigenvalue weighted by molar-refractivity contribution is 5.97. The van der Waals surface area contributed by atoms with Crippen molar-refractivity contribution in [2.75, 3.05) is 18.2 Å². The van der Waals surface area contributed by atoms with Crippen molar-refractivity contribution < 1.29 is 9.53 Å². The third-order valence-corrected chi connectivity index (χ3v) is 3.59. The monoisotopic (exact) mass is 284 g/mol. The first-order valence-corrected chi connectivity index (χ1v) is 6.75. The Hall–Kier alpha value is -2.49. The van der Waals surface area contributed by atoms with Gasteiger partial charge in [-0.3, -0.25) is 0 Å². The molecule has 21 heavy (non-hydrogen) atoms. The molecule has 0 bridgehead atoms. The van der Waals surface area contributed by atoms with Gasteiger partial charge >= 0.3 is 5.97 Å². The second kappa shape index (κ2) is 5.87. The van der Waals surface area contributed by atoms with Crippen molar-refractivity contribution in [3.63, 3.8) is 0 Å². The molecule has 0 aliphatic rings. The molecule has 0 unspecified atom stereocenters. The van der Waals surface area contributed by atoms with Crippen LogP contribution in [0.25, 0.3) is 0 Å². The summed E-state index contributed by atoms with van der Waals surface area (Å²) in [4.78, 5) is 11.8. The van der Waals surface area contributed by atoms with Crippen LogP contribution in [0.4, 0.5) is 17.1 Å². The molecule has 0 atom stereocenters.